The number of carbonyl (C=O) groups is 3. The predicted molar refractivity (Wildman–Crippen MR) is 186 cm³/mol. The van der Waals surface area contributed by atoms with E-state index in [0.717, 1.165) is 15.5 Å². The van der Waals surface area contributed by atoms with Gasteiger partial charge in [0.05, 0.1) is 30.0 Å². The van der Waals surface area contributed by atoms with Gasteiger partial charge in [0, 0.05) is 27.1 Å². The van der Waals surface area contributed by atoms with Crippen molar-refractivity contribution in [2.45, 2.75) is 17.1 Å². The van der Waals surface area contributed by atoms with E-state index in [9.17, 15) is 14.4 Å². The lowest BCUT2D eigenvalue weighted by Crippen LogP contribution is -2.30. The van der Waals surface area contributed by atoms with Crippen LogP contribution in [0.15, 0.2) is 106 Å². The molecule has 0 bridgehead atoms. The minimum Gasteiger partial charge on any atom is -0.497 e. The SMILES string of the molecule is COc1ccc(OC)c(/C=C(\NC(=O)c2ccccc2)C(=O)Nc2ccc(SC(C)C(=O)Nc3nc(-c4cccs4)cs3)cc2)c1. The summed E-state index contributed by atoms with van der Waals surface area (Å²) in [5.74, 6) is -0.0771. The van der Waals surface area contributed by atoms with Crippen LogP contribution < -0.4 is 25.4 Å². The van der Waals surface area contributed by atoms with Crippen LogP contribution >= 0.6 is 34.4 Å². The van der Waals surface area contributed by atoms with E-state index in [1.54, 1.807) is 72.0 Å². The Kier molecular flexibility index (Phi) is 10.9. The number of anilines is 2. The molecule has 2 aromatic heterocycles. The molecule has 0 radical (unpaired) electrons. The second-order valence-corrected chi connectivity index (χ2v) is 12.9. The van der Waals surface area contributed by atoms with Crippen LogP contribution in [0.1, 0.15) is 22.8 Å². The van der Waals surface area contributed by atoms with Crippen molar-refractivity contribution in [3.63, 3.8) is 0 Å². The van der Waals surface area contributed by atoms with Crippen molar-refractivity contribution in [1.82, 2.24) is 10.3 Å². The predicted octanol–water partition coefficient (Wildman–Crippen LogP) is 7.42. The van der Waals surface area contributed by atoms with Crippen molar-refractivity contribution in [2.24, 2.45) is 0 Å². The summed E-state index contributed by atoms with van der Waals surface area (Å²) >= 11 is 4.37. The zero-order valence-electron chi connectivity index (χ0n) is 25.1. The molecule has 0 spiro atoms. The number of carbonyl (C=O) groups excluding carboxylic acids is 3. The maximum absolute atomic E-state index is 13.5. The fraction of sp³-hybridized carbons (Fsp3) is 0.118. The smallest absolute Gasteiger partial charge is 0.272 e. The van der Waals surface area contributed by atoms with E-state index in [4.69, 9.17) is 9.47 Å². The zero-order chi connectivity index (χ0) is 32.5. The summed E-state index contributed by atoms with van der Waals surface area (Å²) in [7, 11) is 3.06. The molecule has 0 aliphatic heterocycles. The molecule has 0 aliphatic carbocycles. The second-order valence-electron chi connectivity index (χ2n) is 9.73. The number of aromatic nitrogens is 1. The standard InChI is InChI=1S/C34H30N4O5S3/c1-21(31(39)38-34-37-28(20-45-34)30-10-7-17-44-30)46-26-14-11-24(12-15-26)35-33(41)27(36-32(40)22-8-5-4-6-9-22)19-23-18-25(42-2)13-16-29(23)43-3/h4-21H,1-3H3,(H,35,41)(H,36,40)(H,37,38,39)/b27-19-. The lowest BCUT2D eigenvalue weighted by atomic mass is 10.1. The fourth-order valence-corrected chi connectivity index (χ4v) is 6.54. The van der Waals surface area contributed by atoms with E-state index in [2.05, 4.69) is 20.9 Å². The monoisotopic (exact) mass is 670 g/mol. The highest BCUT2D eigenvalue weighted by Crippen LogP contribution is 2.30. The summed E-state index contributed by atoms with van der Waals surface area (Å²) in [5, 5.41) is 12.5. The highest BCUT2D eigenvalue weighted by Gasteiger charge is 2.19. The second kappa shape index (κ2) is 15.4. The Morgan fingerprint density at radius 3 is 2.37 bits per heavy atom. The number of methoxy groups -OCH3 is 2. The molecule has 9 nitrogen and oxygen atoms in total. The van der Waals surface area contributed by atoms with E-state index in [-0.39, 0.29) is 11.6 Å². The van der Waals surface area contributed by atoms with Gasteiger partial charge in [-0.15, -0.1) is 34.4 Å². The first-order valence-electron chi connectivity index (χ1n) is 14.0. The van der Waals surface area contributed by atoms with Gasteiger partial charge in [-0.25, -0.2) is 4.98 Å². The molecule has 1 unspecified atom stereocenters. The van der Waals surface area contributed by atoms with Crippen molar-refractivity contribution in [3.8, 4) is 22.1 Å². The molecule has 1 atom stereocenters. The quantitative estimate of drug-likeness (QED) is 0.0934. The average Bonchev–Trinajstić information content (AvgIpc) is 3.78. The van der Waals surface area contributed by atoms with Crippen molar-refractivity contribution in [3.05, 3.63) is 113 Å². The van der Waals surface area contributed by atoms with Gasteiger partial charge in [0.15, 0.2) is 5.13 Å². The summed E-state index contributed by atoms with van der Waals surface area (Å²) in [5.41, 5.74) is 2.30. The largest absolute Gasteiger partial charge is 0.497 e. The van der Waals surface area contributed by atoms with Crippen LogP contribution in [0, 0.1) is 0 Å². The van der Waals surface area contributed by atoms with Gasteiger partial charge in [0.1, 0.15) is 17.2 Å². The van der Waals surface area contributed by atoms with Gasteiger partial charge in [-0.1, -0.05) is 24.3 Å². The number of thiophene rings is 1. The van der Waals surface area contributed by atoms with E-state index in [1.807, 2.05) is 41.9 Å². The van der Waals surface area contributed by atoms with Gasteiger partial charge in [0.25, 0.3) is 11.8 Å². The molecule has 3 N–H and O–H groups in total. The van der Waals surface area contributed by atoms with Crippen LogP contribution in [0.5, 0.6) is 11.5 Å². The normalized spacial score (nSPS) is 11.8. The third-order valence-corrected chi connectivity index (χ3v) is 9.33. The molecule has 2 heterocycles. The van der Waals surface area contributed by atoms with Gasteiger partial charge in [-0.3, -0.25) is 14.4 Å². The van der Waals surface area contributed by atoms with Gasteiger partial charge in [-0.05, 0) is 79.0 Å². The summed E-state index contributed by atoms with van der Waals surface area (Å²) in [4.78, 5) is 45.8. The van der Waals surface area contributed by atoms with Crippen molar-refractivity contribution in [1.29, 1.82) is 0 Å². The number of nitrogens with one attached hydrogen (secondary N) is 3. The molecule has 0 fully saturated rings. The molecule has 5 rings (SSSR count). The molecule has 3 amide bonds. The summed E-state index contributed by atoms with van der Waals surface area (Å²) in [6, 6.07) is 24.9. The lowest BCUT2D eigenvalue weighted by Gasteiger charge is -2.14. The average molecular weight is 671 g/mol. The maximum atomic E-state index is 13.5. The van der Waals surface area contributed by atoms with E-state index in [0.29, 0.717) is 33.4 Å². The van der Waals surface area contributed by atoms with Gasteiger partial charge in [0.2, 0.25) is 5.91 Å². The number of hydrogen-bond acceptors (Lipinski definition) is 9. The molecule has 46 heavy (non-hydrogen) atoms. The lowest BCUT2D eigenvalue weighted by molar-refractivity contribution is -0.115. The molecule has 12 heteroatoms. The number of hydrogen-bond donors (Lipinski definition) is 3. The highest BCUT2D eigenvalue weighted by atomic mass is 32.2. The number of thioether (sulfide) groups is 1. The van der Waals surface area contributed by atoms with Crippen LogP contribution in [0.3, 0.4) is 0 Å². The van der Waals surface area contributed by atoms with Crippen LogP contribution in [0.4, 0.5) is 10.8 Å². The minimum atomic E-state index is -0.535. The molecule has 0 aliphatic rings. The van der Waals surface area contributed by atoms with Crippen LogP contribution in [-0.2, 0) is 9.59 Å². The molecule has 0 saturated carbocycles. The first-order valence-corrected chi connectivity index (χ1v) is 16.7. The summed E-state index contributed by atoms with van der Waals surface area (Å²) in [6.07, 6.45) is 1.54. The van der Waals surface area contributed by atoms with Gasteiger partial charge >= 0.3 is 0 Å². The molecular weight excluding hydrogens is 641 g/mol. The molecule has 234 valence electrons. The molecule has 3 aromatic carbocycles. The van der Waals surface area contributed by atoms with Crippen molar-refractivity contribution < 1.29 is 23.9 Å². The Morgan fingerprint density at radius 1 is 0.891 bits per heavy atom. The Balaban J connectivity index is 1.26. The van der Waals surface area contributed by atoms with Crippen LogP contribution in [0.2, 0.25) is 0 Å². The molecular formula is C34H30N4O5S3. The third-order valence-electron chi connectivity index (χ3n) is 6.57. The molecule has 0 saturated heterocycles. The topological polar surface area (TPSA) is 119 Å². The number of benzene rings is 3. The maximum Gasteiger partial charge on any atom is 0.272 e. The number of amides is 3. The third kappa shape index (κ3) is 8.42. The number of nitrogens with zero attached hydrogens (tertiary/aromatic N) is 1. The first-order chi connectivity index (χ1) is 22.3. The van der Waals surface area contributed by atoms with Gasteiger partial charge in [-0.2, -0.15) is 0 Å². The number of thiazole rings is 1. The Bertz CT molecular complexity index is 1840. The van der Waals surface area contributed by atoms with Gasteiger partial charge < -0.3 is 25.4 Å². The number of ether oxygens (including phenoxy) is 2. The first kappa shape index (κ1) is 32.5. The Labute approximate surface area is 278 Å². The van der Waals surface area contributed by atoms with Crippen LogP contribution in [0.25, 0.3) is 16.6 Å². The summed E-state index contributed by atoms with van der Waals surface area (Å²) in [6.45, 7) is 1.82. The Hall–Kier alpha value is -4.91. The molecule has 5 aromatic rings. The van der Waals surface area contributed by atoms with E-state index in [1.165, 1.54) is 43.4 Å². The minimum absolute atomic E-state index is 0.00794. The van der Waals surface area contributed by atoms with E-state index >= 15 is 0 Å². The van der Waals surface area contributed by atoms with Crippen LogP contribution in [-0.4, -0.2) is 42.2 Å². The Morgan fingerprint density at radius 2 is 1.67 bits per heavy atom. The summed E-state index contributed by atoms with van der Waals surface area (Å²) < 4.78 is 10.8. The van der Waals surface area contributed by atoms with E-state index < -0.39 is 17.1 Å². The highest BCUT2D eigenvalue weighted by molar-refractivity contribution is 8.00. The van der Waals surface area contributed by atoms with Crippen molar-refractivity contribution >= 4 is 69.1 Å². The fourth-order valence-electron chi connectivity index (χ4n) is 4.20. The van der Waals surface area contributed by atoms with Crippen molar-refractivity contribution in [2.75, 3.05) is 24.9 Å². The number of rotatable bonds is 12. The zero-order valence-corrected chi connectivity index (χ0v) is 27.6.